The summed E-state index contributed by atoms with van der Waals surface area (Å²) in [6.45, 7) is 6.33. The van der Waals surface area contributed by atoms with Crippen LogP contribution in [0.15, 0.2) is 33.2 Å². The van der Waals surface area contributed by atoms with Crippen molar-refractivity contribution in [3.05, 3.63) is 55.4 Å². The van der Waals surface area contributed by atoms with Gasteiger partial charge in [0.05, 0.1) is 10.2 Å². The Morgan fingerprint density at radius 2 is 1.65 bits per heavy atom. The van der Waals surface area contributed by atoms with Gasteiger partial charge in [-0.1, -0.05) is 60.4 Å². The number of halogens is 3. The Hall–Kier alpha value is -0.450. The lowest BCUT2D eigenvalue weighted by Gasteiger charge is -2.20. The predicted molar refractivity (Wildman–Crippen MR) is 90.4 cm³/mol. The number of rotatable bonds is 2. The zero-order valence-electron chi connectivity index (χ0n) is 11.5. The molecule has 0 spiro atoms. The average Bonchev–Trinajstić information content (AvgIpc) is 2.35. The van der Waals surface area contributed by atoms with Crippen molar-refractivity contribution in [3.63, 3.8) is 0 Å². The van der Waals surface area contributed by atoms with Crippen LogP contribution < -0.4 is 0 Å². The normalized spacial score (nSPS) is 11.7. The quantitative estimate of drug-likeness (QED) is 0.598. The minimum Gasteiger partial charge on any atom is -0.236 e. The molecule has 106 valence electrons. The molecule has 0 aliphatic heterocycles. The monoisotopic (exact) mass is 416 g/mol. The molecule has 0 saturated carbocycles. The van der Waals surface area contributed by atoms with Gasteiger partial charge < -0.3 is 0 Å². The zero-order valence-corrected chi connectivity index (χ0v) is 15.5. The Morgan fingerprint density at radius 3 is 2.20 bits per heavy atom. The number of aromatic nitrogens is 2. The highest BCUT2D eigenvalue weighted by Crippen LogP contribution is 2.32. The van der Waals surface area contributed by atoms with Crippen LogP contribution in [-0.2, 0) is 11.8 Å². The van der Waals surface area contributed by atoms with Gasteiger partial charge in [-0.3, -0.25) is 0 Å². The zero-order chi connectivity index (χ0) is 14.9. The molecule has 0 bridgehead atoms. The lowest BCUT2D eigenvalue weighted by molar-refractivity contribution is 0.559. The molecule has 2 aromatic rings. The summed E-state index contributed by atoms with van der Waals surface area (Å²) in [7, 11) is 0. The Bertz CT molecular complexity index is 619. The largest absolute Gasteiger partial charge is 0.236 e. The molecular formula is C15H15Br2ClN2. The molecule has 0 aliphatic carbocycles. The SMILES string of the molecule is CC(C)(C)c1nc(Cc2ccc(Br)cc2)nc(Cl)c1Br. The predicted octanol–water partition coefficient (Wildman–Crippen LogP) is 5.54. The molecule has 0 saturated heterocycles. The van der Waals surface area contributed by atoms with Crippen LogP contribution in [0, 0.1) is 0 Å². The Kier molecular flexibility index (Phi) is 4.88. The molecule has 1 heterocycles. The summed E-state index contributed by atoms with van der Waals surface area (Å²) in [4.78, 5) is 9.03. The van der Waals surface area contributed by atoms with Gasteiger partial charge >= 0.3 is 0 Å². The van der Waals surface area contributed by atoms with Crippen molar-refractivity contribution >= 4 is 43.5 Å². The number of benzene rings is 1. The average molecular weight is 419 g/mol. The fraction of sp³-hybridized carbons (Fsp3) is 0.333. The fourth-order valence-electron chi connectivity index (χ4n) is 1.82. The maximum atomic E-state index is 6.21. The van der Waals surface area contributed by atoms with Crippen molar-refractivity contribution in [1.29, 1.82) is 0 Å². The first-order valence-electron chi connectivity index (χ1n) is 6.24. The van der Waals surface area contributed by atoms with E-state index in [1.807, 2.05) is 12.1 Å². The van der Waals surface area contributed by atoms with Gasteiger partial charge in [-0.05, 0) is 33.6 Å². The first-order chi connectivity index (χ1) is 9.27. The van der Waals surface area contributed by atoms with Gasteiger partial charge in [-0.15, -0.1) is 0 Å². The Balaban J connectivity index is 2.38. The smallest absolute Gasteiger partial charge is 0.147 e. The molecule has 0 fully saturated rings. The molecule has 0 atom stereocenters. The summed E-state index contributed by atoms with van der Waals surface area (Å²) >= 11 is 13.1. The standard InChI is InChI=1S/C15H15Br2ClN2/c1-15(2,3)13-12(17)14(18)20-11(19-13)8-9-4-6-10(16)7-5-9/h4-7H,8H2,1-3H3. The van der Waals surface area contributed by atoms with Crippen LogP contribution in [0.5, 0.6) is 0 Å². The molecular weight excluding hydrogens is 403 g/mol. The van der Waals surface area contributed by atoms with E-state index in [1.165, 1.54) is 0 Å². The Morgan fingerprint density at radius 1 is 1.05 bits per heavy atom. The summed E-state index contributed by atoms with van der Waals surface area (Å²) in [5, 5.41) is 0.469. The van der Waals surface area contributed by atoms with Gasteiger partial charge in [-0.2, -0.15) is 0 Å². The molecule has 0 amide bonds. The third kappa shape index (κ3) is 3.80. The van der Waals surface area contributed by atoms with Crippen molar-refractivity contribution < 1.29 is 0 Å². The molecule has 20 heavy (non-hydrogen) atoms. The topological polar surface area (TPSA) is 25.8 Å². The van der Waals surface area contributed by atoms with E-state index in [0.717, 1.165) is 26.0 Å². The number of hydrogen-bond acceptors (Lipinski definition) is 2. The molecule has 0 aliphatic rings. The second-order valence-corrected chi connectivity index (χ2v) is 7.71. The van der Waals surface area contributed by atoms with E-state index < -0.39 is 0 Å². The second-order valence-electron chi connectivity index (χ2n) is 5.65. The molecule has 2 nitrogen and oxygen atoms in total. The minimum absolute atomic E-state index is 0.0835. The third-order valence-corrected chi connectivity index (χ3v) is 4.62. The lowest BCUT2D eigenvalue weighted by Crippen LogP contribution is -2.17. The Labute approximate surface area is 141 Å². The van der Waals surface area contributed by atoms with E-state index in [1.54, 1.807) is 0 Å². The van der Waals surface area contributed by atoms with Crippen LogP contribution in [0.25, 0.3) is 0 Å². The highest BCUT2D eigenvalue weighted by Gasteiger charge is 2.22. The van der Waals surface area contributed by atoms with Crippen molar-refractivity contribution in [2.75, 3.05) is 0 Å². The van der Waals surface area contributed by atoms with E-state index >= 15 is 0 Å². The van der Waals surface area contributed by atoms with Crippen molar-refractivity contribution in [2.24, 2.45) is 0 Å². The van der Waals surface area contributed by atoms with Crippen LogP contribution in [0.2, 0.25) is 5.15 Å². The van der Waals surface area contributed by atoms with Gasteiger partial charge in [0.15, 0.2) is 0 Å². The van der Waals surface area contributed by atoms with Gasteiger partial charge in [0.2, 0.25) is 0 Å². The van der Waals surface area contributed by atoms with Crippen LogP contribution in [-0.4, -0.2) is 9.97 Å². The fourth-order valence-corrected chi connectivity index (χ4v) is 3.05. The highest BCUT2D eigenvalue weighted by molar-refractivity contribution is 9.10. The summed E-state index contributed by atoms with van der Waals surface area (Å²) in [5.74, 6) is 0.741. The van der Waals surface area contributed by atoms with Gasteiger partial charge in [0, 0.05) is 16.3 Å². The first-order valence-corrected chi connectivity index (χ1v) is 8.20. The van der Waals surface area contributed by atoms with Crippen LogP contribution in [0.4, 0.5) is 0 Å². The van der Waals surface area contributed by atoms with E-state index in [2.05, 4.69) is 74.7 Å². The summed E-state index contributed by atoms with van der Waals surface area (Å²) < 4.78 is 1.85. The van der Waals surface area contributed by atoms with E-state index in [0.29, 0.717) is 11.6 Å². The maximum absolute atomic E-state index is 6.21. The van der Waals surface area contributed by atoms with E-state index in [4.69, 9.17) is 11.6 Å². The maximum Gasteiger partial charge on any atom is 0.147 e. The van der Waals surface area contributed by atoms with Crippen LogP contribution in [0.3, 0.4) is 0 Å². The third-order valence-electron chi connectivity index (χ3n) is 2.84. The minimum atomic E-state index is -0.0835. The summed E-state index contributed by atoms with van der Waals surface area (Å²) in [5.41, 5.74) is 2.01. The molecule has 0 radical (unpaired) electrons. The number of hydrogen-bond donors (Lipinski definition) is 0. The molecule has 5 heteroatoms. The van der Waals surface area contributed by atoms with Gasteiger partial charge in [0.1, 0.15) is 11.0 Å². The first kappa shape index (κ1) is 15.9. The number of nitrogens with zero attached hydrogens (tertiary/aromatic N) is 2. The summed E-state index contributed by atoms with van der Waals surface area (Å²) in [6.07, 6.45) is 0.670. The summed E-state index contributed by atoms with van der Waals surface area (Å²) in [6, 6.07) is 8.14. The molecule has 1 aromatic heterocycles. The lowest BCUT2D eigenvalue weighted by atomic mass is 9.92. The molecule has 0 N–H and O–H groups in total. The molecule has 0 unspecified atom stereocenters. The van der Waals surface area contributed by atoms with Crippen molar-refractivity contribution in [2.45, 2.75) is 32.6 Å². The van der Waals surface area contributed by atoms with Crippen molar-refractivity contribution in [1.82, 2.24) is 9.97 Å². The van der Waals surface area contributed by atoms with Crippen LogP contribution >= 0.6 is 43.5 Å². The van der Waals surface area contributed by atoms with Crippen molar-refractivity contribution in [3.8, 4) is 0 Å². The highest BCUT2D eigenvalue weighted by atomic mass is 79.9. The second kappa shape index (κ2) is 6.12. The van der Waals surface area contributed by atoms with Gasteiger partial charge in [-0.25, -0.2) is 9.97 Å². The van der Waals surface area contributed by atoms with Crippen LogP contribution in [0.1, 0.15) is 37.9 Å². The van der Waals surface area contributed by atoms with E-state index in [9.17, 15) is 0 Å². The van der Waals surface area contributed by atoms with Gasteiger partial charge in [0.25, 0.3) is 0 Å². The van der Waals surface area contributed by atoms with E-state index in [-0.39, 0.29) is 5.41 Å². The molecule has 2 rings (SSSR count). The molecule has 1 aromatic carbocycles.